The van der Waals surface area contributed by atoms with E-state index in [1.807, 2.05) is 0 Å². The maximum atomic E-state index is 14.1. The van der Waals surface area contributed by atoms with Crippen LogP contribution in [-0.4, -0.2) is 25.2 Å². The van der Waals surface area contributed by atoms with Crippen LogP contribution in [0.2, 0.25) is 0 Å². The minimum absolute atomic E-state index is 0.00899. The van der Waals surface area contributed by atoms with Crippen LogP contribution in [0.3, 0.4) is 0 Å². The van der Waals surface area contributed by atoms with Gasteiger partial charge >= 0.3 is 0 Å². The van der Waals surface area contributed by atoms with Crippen LogP contribution in [0, 0.1) is 5.82 Å². The fourth-order valence-electron chi connectivity index (χ4n) is 2.91. The molecule has 1 heterocycles. The van der Waals surface area contributed by atoms with Crippen molar-refractivity contribution in [2.75, 3.05) is 11.3 Å². The summed E-state index contributed by atoms with van der Waals surface area (Å²) in [6.07, 6.45) is 2.41. The topological polar surface area (TPSA) is 94.3 Å². The van der Waals surface area contributed by atoms with Crippen molar-refractivity contribution in [1.82, 2.24) is 10.1 Å². The second-order valence-corrected chi connectivity index (χ2v) is 8.47. The SMILES string of the molecule is CCOc1ccc(S(=O)(=O)Nc2ccccc2Cc2nc(C3CC3)no2)cc1F. The first-order valence-corrected chi connectivity index (χ1v) is 10.8. The number of para-hydroxylation sites is 1. The van der Waals surface area contributed by atoms with Crippen molar-refractivity contribution in [2.45, 2.75) is 37.0 Å². The highest BCUT2D eigenvalue weighted by Crippen LogP contribution is 2.38. The fraction of sp³-hybridized carbons (Fsp3) is 0.300. The van der Waals surface area contributed by atoms with Crippen LogP contribution in [0.5, 0.6) is 5.75 Å². The first kappa shape index (κ1) is 19.4. The average molecular weight is 417 g/mol. The van der Waals surface area contributed by atoms with Crippen LogP contribution in [0.1, 0.15) is 43.0 Å². The molecule has 1 aromatic heterocycles. The molecule has 1 N–H and O–H groups in total. The van der Waals surface area contributed by atoms with E-state index in [0.29, 0.717) is 28.9 Å². The molecule has 1 saturated carbocycles. The molecule has 1 fully saturated rings. The summed E-state index contributed by atoms with van der Waals surface area (Å²) in [6, 6.07) is 10.5. The Morgan fingerprint density at radius 2 is 2.03 bits per heavy atom. The quantitative estimate of drug-likeness (QED) is 0.598. The van der Waals surface area contributed by atoms with Crippen molar-refractivity contribution < 1.29 is 22.1 Å². The molecule has 7 nitrogen and oxygen atoms in total. The summed E-state index contributed by atoms with van der Waals surface area (Å²) in [5.41, 5.74) is 1.04. The molecule has 29 heavy (non-hydrogen) atoms. The molecule has 152 valence electrons. The van der Waals surface area contributed by atoms with Gasteiger partial charge in [-0.1, -0.05) is 23.4 Å². The molecular formula is C20H20FN3O4S. The Kier molecular flexibility index (Phi) is 5.23. The number of rotatable bonds is 8. The minimum Gasteiger partial charge on any atom is -0.491 e. The van der Waals surface area contributed by atoms with Gasteiger partial charge in [0.1, 0.15) is 0 Å². The summed E-state index contributed by atoms with van der Waals surface area (Å²) in [6.45, 7) is 2.01. The smallest absolute Gasteiger partial charge is 0.262 e. The molecule has 2 aromatic carbocycles. The summed E-state index contributed by atoms with van der Waals surface area (Å²) in [5.74, 6) is 0.764. The van der Waals surface area contributed by atoms with Gasteiger partial charge in [-0.25, -0.2) is 12.8 Å². The van der Waals surface area contributed by atoms with Gasteiger partial charge in [0, 0.05) is 5.92 Å². The van der Waals surface area contributed by atoms with Crippen molar-refractivity contribution in [3.8, 4) is 5.75 Å². The highest BCUT2D eigenvalue weighted by Gasteiger charge is 2.29. The molecule has 0 unspecified atom stereocenters. The van der Waals surface area contributed by atoms with Crippen LogP contribution in [0.15, 0.2) is 51.9 Å². The lowest BCUT2D eigenvalue weighted by molar-refractivity contribution is 0.321. The second-order valence-electron chi connectivity index (χ2n) is 6.79. The highest BCUT2D eigenvalue weighted by molar-refractivity contribution is 7.92. The molecule has 0 aliphatic heterocycles. The third-order valence-corrected chi connectivity index (χ3v) is 5.91. The minimum atomic E-state index is -3.99. The summed E-state index contributed by atoms with van der Waals surface area (Å²) >= 11 is 0. The molecule has 1 aliphatic rings. The first-order chi connectivity index (χ1) is 14.0. The molecule has 0 radical (unpaired) electrons. The Balaban J connectivity index is 1.56. The van der Waals surface area contributed by atoms with Crippen molar-refractivity contribution in [3.05, 3.63) is 65.6 Å². The Bertz CT molecular complexity index is 1130. The standard InChI is InChI=1S/C20H20FN3O4S/c1-2-27-18-10-9-15(12-16(18)21)29(25,26)24-17-6-4-3-5-14(17)11-19-22-20(23-28-19)13-7-8-13/h3-6,9-10,12-13,24H,2,7-8,11H2,1H3. The van der Waals surface area contributed by atoms with Crippen molar-refractivity contribution in [3.63, 3.8) is 0 Å². The zero-order valence-electron chi connectivity index (χ0n) is 15.8. The molecule has 4 rings (SSSR count). The molecule has 0 spiro atoms. The van der Waals surface area contributed by atoms with Crippen LogP contribution in [0.25, 0.3) is 0 Å². The Morgan fingerprint density at radius 3 is 2.76 bits per heavy atom. The number of hydrogen-bond donors (Lipinski definition) is 1. The van der Waals surface area contributed by atoms with E-state index in [0.717, 1.165) is 18.9 Å². The van der Waals surface area contributed by atoms with E-state index in [2.05, 4.69) is 14.9 Å². The van der Waals surface area contributed by atoms with Crippen molar-refractivity contribution >= 4 is 15.7 Å². The third kappa shape index (κ3) is 4.40. The van der Waals surface area contributed by atoms with E-state index in [1.54, 1.807) is 31.2 Å². The van der Waals surface area contributed by atoms with Gasteiger partial charge in [0.05, 0.1) is 23.6 Å². The number of nitrogens with one attached hydrogen (secondary N) is 1. The molecule has 9 heteroatoms. The first-order valence-electron chi connectivity index (χ1n) is 9.32. The zero-order chi connectivity index (χ0) is 20.4. The maximum Gasteiger partial charge on any atom is 0.262 e. The highest BCUT2D eigenvalue weighted by atomic mass is 32.2. The average Bonchev–Trinajstić information content (AvgIpc) is 3.44. The predicted octanol–water partition coefficient (Wildman–Crippen LogP) is 3.88. The maximum absolute atomic E-state index is 14.1. The van der Waals surface area contributed by atoms with Crippen LogP contribution < -0.4 is 9.46 Å². The van der Waals surface area contributed by atoms with Gasteiger partial charge in [0.15, 0.2) is 17.4 Å². The number of aromatic nitrogens is 2. The van der Waals surface area contributed by atoms with E-state index in [9.17, 15) is 12.8 Å². The summed E-state index contributed by atoms with van der Waals surface area (Å²) in [5, 5.41) is 3.98. The number of hydrogen-bond acceptors (Lipinski definition) is 6. The Labute approximate surface area is 168 Å². The van der Waals surface area contributed by atoms with Gasteiger partial charge in [-0.15, -0.1) is 0 Å². The molecule has 3 aromatic rings. The number of sulfonamides is 1. The lowest BCUT2D eigenvalue weighted by atomic mass is 10.1. The summed E-state index contributed by atoms with van der Waals surface area (Å²) in [4.78, 5) is 4.19. The normalized spacial score (nSPS) is 14.0. The second kappa shape index (κ2) is 7.82. The van der Waals surface area contributed by atoms with E-state index in [1.165, 1.54) is 12.1 Å². The fourth-order valence-corrected chi connectivity index (χ4v) is 4.02. The third-order valence-electron chi connectivity index (χ3n) is 4.54. The summed E-state index contributed by atoms with van der Waals surface area (Å²) in [7, 11) is -3.99. The van der Waals surface area contributed by atoms with E-state index in [-0.39, 0.29) is 23.7 Å². The number of nitrogens with zero attached hydrogens (tertiary/aromatic N) is 2. The van der Waals surface area contributed by atoms with Gasteiger partial charge in [-0.3, -0.25) is 4.72 Å². The Hall–Kier alpha value is -2.94. The molecule has 0 saturated heterocycles. The number of halogens is 1. The van der Waals surface area contributed by atoms with Gasteiger partial charge in [-0.2, -0.15) is 4.98 Å². The molecule has 0 bridgehead atoms. The largest absolute Gasteiger partial charge is 0.491 e. The molecule has 0 atom stereocenters. The lowest BCUT2D eigenvalue weighted by Crippen LogP contribution is -2.15. The predicted molar refractivity (Wildman–Crippen MR) is 104 cm³/mol. The molecule has 0 amide bonds. The molecule has 1 aliphatic carbocycles. The van der Waals surface area contributed by atoms with E-state index in [4.69, 9.17) is 9.26 Å². The Morgan fingerprint density at radius 1 is 1.24 bits per heavy atom. The zero-order valence-corrected chi connectivity index (χ0v) is 16.6. The lowest BCUT2D eigenvalue weighted by Gasteiger charge is -2.12. The monoisotopic (exact) mass is 417 g/mol. The van der Waals surface area contributed by atoms with Crippen LogP contribution in [-0.2, 0) is 16.4 Å². The van der Waals surface area contributed by atoms with Crippen molar-refractivity contribution in [2.24, 2.45) is 0 Å². The van der Waals surface area contributed by atoms with Gasteiger partial charge in [-0.05, 0) is 49.6 Å². The van der Waals surface area contributed by atoms with E-state index >= 15 is 0 Å². The van der Waals surface area contributed by atoms with Gasteiger partial charge in [0.2, 0.25) is 5.89 Å². The van der Waals surface area contributed by atoms with Crippen LogP contribution >= 0.6 is 0 Å². The van der Waals surface area contributed by atoms with Gasteiger partial charge in [0.25, 0.3) is 10.0 Å². The van der Waals surface area contributed by atoms with Gasteiger partial charge < -0.3 is 9.26 Å². The number of anilines is 1. The molecular weight excluding hydrogens is 397 g/mol. The van der Waals surface area contributed by atoms with Crippen LogP contribution in [0.4, 0.5) is 10.1 Å². The summed E-state index contributed by atoms with van der Waals surface area (Å²) < 4.78 is 52.5. The van der Waals surface area contributed by atoms with Crippen molar-refractivity contribution in [1.29, 1.82) is 0 Å². The van der Waals surface area contributed by atoms with E-state index < -0.39 is 15.8 Å². The number of benzene rings is 2. The number of ether oxygens (including phenoxy) is 1.